The van der Waals surface area contributed by atoms with E-state index in [1.807, 2.05) is 18.2 Å². The lowest BCUT2D eigenvalue weighted by Gasteiger charge is -1.97. The number of oxazole rings is 1. The van der Waals surface area contributed by atoms with Crippen molar-refractivity contribution in [2.75, 3.05) is 6.61 Å². The molecule has 0 aliphatic rings. The molecule has 4 heteroatoms. The highest BCUT2D eigenvalue weighted by Gasteiger charge is 2.01. The molecular weight excluding hydrogens is 182 g/mol. The smallest absolute Gasteiger partial charge is 0.408 e. The summed E-state index contributed by atoms with van der Waals surface area (Å²) in [5.74, 6) is -0.431. The molecule has 0 atom stereocenters. The molecule has 2 N–H and O–H groups in total. The van der Waals surface area contributed by atoms with Crippen molar-refractivity contribution >= 4 is 11.1 Å². The van der Waals surface area contributed by atoms with Gasteiger partial charge in [0.15, 0.2) is 5.58 Å². The Morgan fingerprint density at radius 3 is 3.07 bits per heavy atom. The van der Waals surface area contributed by atoms with Crippen molar-refractivity contribution in [3.63, 3.8) is 0 Å². The first-order valence-corrected chi connectivity index (χ1v) is 4.52. The van der Waals surface area contributed by atoms with E-state index >= 15 is 0 Å². The Kier molecular flexibility index (Phi) is 2.37. The van der Waals surface area contributed by atoms with Crippen molar-refractivity contribution in [3.8, 4) is 0 Å². The van der Waals surface area contributed by atoms with Crippen LogP contribution in [0.3, 0.4) is 0 Å². The number of fused-ring (bicyclic) bond motifs is 1. The molecule has 2 aromatic rings. The number of aryl methyl sites for hydroxylation is 1. The molecular formula is C10H11NO3. The Balaban J connectivity index is 2.35. The topological polar surface area (TPSA) is 66.2 Å². The molecule has 0 amide bonds. The van der Waals surface area contributed by atoms with Crippen LogP contribution in [0.25, 0.3) is 11.1 Å². The van der Waals surface area contributed by atoms with Gasteiger partial charge in [-0.2, -0.15) is 0 Å². The monoisotopic (exact) mass is 193 g/mol. The maximum absolute atomic E-state index is 10.9. The van der Waals surface area contributed by atoms with Gasteiger partial charge >= 0.3 is 5.76 Å². The Bertz CT molecular complexity index is 483. The van der Waals surface area contributed by atoms with Crippen LogP contribution in [0.15, 0.2) is 27.4 Å². The minimum atomic E-state index is -0.431. The van der Waals surface area contributed by atoms with Gasteiger partial charge in [0.2, 0.25) is 0 Å². The Labute approximate surface area is 80.2 Å². The number of aromatic amines is 1. The van der Waals surface area contributed by atoms with E-state index < -0.39 is 5.76 Å². The molecule has 0 spiro atoms. The number of hydrogen-bond acceptors (Lipinski definition) is 3. The van der Waals surface area contributed by atoms with Crippen molar-refractivity contribution in [2.24, 2.45) is 0 Å². The van der Waals surface area contributed by atoms with Crippen molar-refractivity contribution in [3.05, 3.63) is 34.3 Å². The molecule has 0 saturated heterocycles. The fourth-order valence-electron chi connectivity index (χ4n) is 1.43. The lowest BCUT2D eigenvalue weighted by atomic mass is 10.1. The minimum Gasteiger partial charge on any atom is -0.408 e. The predicted molar refractivity (Wildman–Crippen MR) is 52.2 cm³/mol. The summed E-state index contributed by atoms with van der Waals surface area (Å²) in [6.07, 6.45) is 1.52. The van der Waals surface area contributed by atoms with E-state index in [9.17, 15) is 4.79 Å². The molecule has 0 aliphatic carbocycles. The van der Waals surface area contributed by atoms with Gasteiger partial charge in [0, 0.05) is 6.61 Å². The summed E-state index contributed by atoms with van der Waals surface area (Å²) in [5.41, 5.74) is 2.35. The second kappa shape index (κ2) is 3.67. The summed E-state index contributed by atoms with van der Waals surface area (Å²) in [6.45, 7) is 0.176. The Morgan fingerprint density at radius 1 is 1.43 bits per heavy atom. The second-order valence-electron chi connectivity index (χ2n) is 3.17. The fourth-order valence-corrected chi connectivity index (χ4v) is 1.43. The summed E-state index contributed by atoms with van der Waals surface area (Å²) >= 11 is 0. The van der Waals surface area contributed by atoms with Crippen molar-refractivity contribution in [1.29, 1.82) is 0 Å². The van der Waals surface area contributed by atoms with E-state index in [4.69, 9.17) is 9.52 Å². The van der Waals surface area contributed by atoms with E-state index in [0.717, 1.165) is 18.4 Å². The van der Waals surface area contributed by atoms with Crippen LogP contribution in [0.2, 0.25) is 0 Å². The first-order chi connectivity index (χ1) is 6.79. The predicted octanol–water partition coefficient (Wildman–Crippen LogP) is 1.05. The quantitative estimate of drug-likeness (QED) is 0.765. The molecule has 0 bridgehead atoms. The third kappa shape index (κ3) is 1.70. The van der Waals surface area contributed by atoms with Gasteiger partial charge in [0.25, 0.3) is 0 Å². The van der Waals surface area contributed by atoms with Crippen LogP contribution in [0.4, 0.5) is 0 Å². The molecule has 0 unspecified atom stereocenters. The van der Waals surface area contributed by atoms with Crippen molar-refractivity contribution in [1.82, 2.24) is 4.98 Å². The van der Waals surface area contributed by atoms with Crippen LogP contribution in [0, 0.1) is 0 Å². The minimum absolute atomic E-state index is 0.176. The molecule has 1 heterocycles. The number of H-pyrrole nitrogens is 1. The van der Waals surface area contributed by atoms with Crippen LogP contribution in [-0.2, 0) is 6.42 Å². The van der Waals surface area contributed by atoms with Gasteiger partial charge in [0.05, 0.1) is 5.52 Å². The summed E-state index contributed by atoms with van der Waals surface area (Å²) in [4.78, 5) is 13.4. The van der Waals surface area contributed by atoms with E-state index in [0.29, 0.717) is 11.1 Å². The molecule has 0 aliphatic heterocycles. The van der Waals surface area contributed by atoms with Crippen molar-refractivity contribution < 1.29 is 9.52 Å². The largest absolute Gasteiger partial charge is 0.417 e. The van der Waals surface area contributed by atoms with Gasteiger partial charge in [-0.25, -0.2) is 4.79 Å². The molecule has 2 rings (SSSR count). The number of benzene rings is 1. The van der Waals surface area contributed by atoms with Gasteiger partial charge in [-0.15, -0.1) is 0 Å². The van der Waals surface area contributed by atoms with E-state index in [1.54, 1.807) is 0 Å². The van der Waals surface area contributed by atoms with Crippen LogP contribution in [-0.4, -0.2) is 16.7 Å². The number of rotatable bonds is 3. The van der Waals surface area contributed by atoms with Crippen molar-refractivity contribution in [2.45, 2.75) is 12.8 Å². The van der Waals surface area contributed by atoms with Gasteiger partial charge in [-0.3, -0.25) is 4.98 Å². The number of aliphatic hydroxyl groups excluding tert-OH is 1. The zero-order chi connectivity index (χ0) is 9.97. The summed E-state index contributed by atoms with van der Waals surface area (Å²) in [6, 6.07) is 5.55. The average Bonchev–Trinajstić information content (AvgIpc) is 2.54. The fraction of sp³-hybridized carbons (Fsp3) is 0.300. The standard InChI is InChI=1S/C10H11NO3/c12-5-1-2-7-3-4-8-9(6-7)14-10(13)11-8/h3-4,6,12H,1-2,5H2,(H,11,13). The summed E-state index contributed by atoms with van der Waals surface area (Å²) in [7, 11) is 0. The van der Waals surface area contributed by atoms with Gasteiger partial charge in [-0.05, 0) is 30.5 Å². The first kappa shape index (κ1) is 9.02. The highest BCUT2D eigenvalue weighted by Crippen LogP contribution is 2.13. The van der Waals surface area contributed by atoms with Crippen LogP contribution >= 0.6 is 0 Å². The molecule has 4 nitrogen and oxygen atoms in total. The van der Waals surface area contributed by atoms with E-state index in [1.165, 1.54) is 0 Å². The SMILES string of the molecule is O=c1[nH]c2ccc(CCCO)cc2o1. The van der Waals surface area contributed by atoms with Crippen LogP contribution in [0.5, 0.6) is 0 Å². The van der Waals surface area contributed by atoms with Gasteiger partial charge < -0.3 is 9.52 Å². The normalized spacial score (nSPS) is 10.9. The maximum atomic E-state index is 10.9. The highest BCUT2D eigenvalue weighted by molar-refractivity contribution is 5.72. The van der Waals surface area contributed by atoms with Crippen LogP contribution < -0.4 is 5.76 Å². The lowest BCUT2D eigenvalue weighted by Crippen LogP contribution is -1.92. The van der Waals surface area contributed by atoms with Gasteiger partial charge in [0.1, 0.15) is 0 Å². The summed E-state index contributed by atoms with van der Waals surface area (Å²) < 4.78 is 4.91. The number of aliphatic hydroxyl groups is 1. The Hall–Kier alpha value is -1.55. The maximum Gasteiger partial charge on any atom is 0.417 e. The summed E-state index contributed by atoms with van der Waals surface area (Å²) in [5, 5.41) is 8.67. The number of nitrogens with one attached hydrogen (secondary N) is 1. The average molecular weight is 193 g/mol. The molecule has 0 fully saturated rings. The second-order valence-corrected chi connectivity index (χ2v) is 3.17. The number of aromatic nitrogens is 1. The molecule has 0 saturated carbocycles. The van der Waals surface area contributed by atoms with E-state index in [-0.39, 0.29) is 6.61 Å². The molecule has 74 valence electrons. The zero-order valence-corrected chi connectivity index (χ0v) is 7.62. The first-order valence-electron chi connectivity index (χ1n) is 4.52. The van der Waals surface area contributed by atoms with Crippen LogP contribution in [0.1, 0.15) is 12.0 Å². The third-order valence-corrected chi connectivity index (χ3v) is 2.11. The molecule has 1 aromatic heterocycles. The lowest BCUT2D eigenvalue weighted by molar-refractivity contribution is 0.288. The third-order valence-electron chi connectivity index (χ3n) is 2.11. The number of hydrogen-bond donors (Lipinski definition) is 2. The molecule has 14 heavy (non-hydrogen) atoms. The molecule has 1 aromatic carbocycles. The molecule has 0 radical (unpaired) electrons. The zero-order valence-electron chi connectivity index (χ0n) is 7.62. The van der Waals surface area contributed by atoms with E-state index in [2.05, 4.69) is 4.98 Å². The Morgan fingerprint density at radius 2 is 2.29 bits per heavy atom. The highest BCUT2D eigenvalue weighted by atomic mass is 16.4. The van der Waals surface area contributed by atoms with Gasteiger partial charge in [-0.1, -0.05) is 6.07 Å².